The number of nitro groups is 1. The quantitative estimate of drug-likeness (QED) is 0.520. The molecule has 0 saturated heterocycles. The van der Waals surface area contributed by atoms with Gasteiger partial charge in [0.1, 0.15) is 0 Å². The molecule has 0 amide bonds. The van der Waals surface area contributed by atoms with Gasteiger partial charge < -0.3 is 5.32 Å². The van der Waals surface area contributed by atoms with Gasteiger partial charge in [0.25, 0.3) is 5.69 Å². The molecule has 2 rings (SSSR count). The molecular weight excluding hydrogens is 168 g/mol. The first-order valence-electron chi connectivity index (χ1n) is 4.25. The first kappa shape index (κ1) is 8.19. The van der Waals surface area contributed by atoms with E-state index in [-0.39, 0.29) is 10.6 Å². The molecule has 4 nitrogen and oxygen atoms in total. The van der Waals surface area contributed by atoms with E-state index in [1.807, 2.05) is 6.07 Å². The summed E-state index contributed by atoms with van der Waals surface area (Å²) in [5.41, 5.74) is 2.19. The van der Waals surface area contributed by atoms with Crippen LogP contribution in [0.25, 0.3) is 0 Å². The fraction of sp³-hybridized carbons (Fsp3) is 0.333. The molecule has 1 heterocycles. The van der Waals surface area contributed by atoms with Crippen molar-refractivity contribution in [3.8, 4) is 0 Å². The highest BCUT2D eigenvalue weighted by Gasteiger charge is 2.18. The maximum Gasteiger partial charge on any atom is 0.274 e. The summed E-state index contributed by atoms with van der Waals surface area (Å²) in [6, 6.07) is 5.28. The fourth-order valence-electron chi connectivity index (χ4n) is 1.67. The second kappa shape index (κ2) is 3.14. The van der Waals surface area contributed by atoms with Gasteiger partial charge >= 0.3 is 0 Å². The molecule has 0 bridgehead atoms. The maximum atomic E-state index is 10.7. The van der Waals surface area contributed by atoms with Crippen LogP contribution in [0.15, 0.2) is 18.2 Å². The van der Waals surface area contributed by atoms with Crippen molar-refractivity contribution in [3.05, 3.63) is 39.4 Å². The zero-order chi connectivity index (χ0) is 9.26. The van der Waals surface area contributed by atoms with Crippen molar-refractivity contribution < 1.29 is 4.92 Å². The zero-order valence-corrected chi connectivity index (χ0v) is 7.12. The largest absolute Gasteiger partial charge is 0.312 e. The van der Waals surface area contributed by atoms with Crippen LogP contribution in [-0.2, 0) is 13.0 Å². The van der Waals surface area contributed by atoms with E-state index in [2.05, 4.69) is 5.32 Å². The predicted molar refractivity (Wildman–Crippen MR) is 48.5 cm³/mol. The Balaban J connectivity index is 2.52. The minimum atomic E-state index is -0.314. The number of rotatable bonds is 1. The molecule has 68 valence electrons. The van der Waals surface area contributed by atoms with Gasteiger partial charge in [0.05, 0.1) is 4.92 Å². The van der Waals surface area contributed by atoms with Gasteiger partial charge in [0.15, 0.2) is 0 Å². The molecule has 0 radical (unpaired) electrons. The van der Waals surface area contributed by atoms with Gasteiger partial charge in [0, 0.05) is 18.2 Å². The van der Waals surface area contributed by atoms with Gasteiger partial charge in [-0.2, -0.15) is 0 Å². The van der Waals surface area contributed by atoms with Crippen molar-refractivity contribution >= 4 is 5.69 Å². The Labute approximate surface area is 75.7 Å². The second-order valence-electron chi connectivity index (χ2n) is 3.10. The summed E-state index contributed by atoms with van der Waals surface area (Å²) < 4.78 is 0. The van der Waals surface area contributed by atoms with Gasteiger partial charge in [-0.15, -0.1) is 0 Å². The van der Waals surface area contributed by atoms with Crippen LogP contribution in [0.4, 0.5) is 5.69 Å². The molecule has 0 aliphatic carbocycles. The van der Waals surface area contributed by atoms with Crippen molar-refractivity contribution in [2.45, 2.75) is 13.0 Å². The Kier molecular flexibility index (Phi) is 1.98. The highest BCUT2D eigenvalue weighted by Crippen LogP contribution is 2.24. The van der Waals surface area contributed by atoms with E-state index in [1.165, 1.54) is 0 Å². The summed E-state index contributed by atoms with van der Waals surface area (Å²) in [5, 5.41) is 13.8. The molecule has 1 N–H and O–H groups in total. The number of nitrogens with zero attached hydrogens (tertiary/aromatic N) is 1. The molecule has 1 aromatic rings. The van der Waals surface area contributed by atoms with Gasteiger partial charge in [-0.1, -0.05) is 12.1 Å². The summed E-state index contributed by atoms with van der Waals surface area (Å²) >= 11 is 0. The standard InChI is InChI=1S/C9H10N2O2/c12-11(13)9-3-1-2-7-4-5-10-6-8(7)9/h1-3,10H,4-6H2. The number of nitro benzene ring substituents is 1. The average Bonchev–Trinajstić information content (AvgIpc) is 2.17. The molecular formula is C9H10N2O2. The molecule has 0 saturated carbocycles. The van der Waals surface area contributed by atoms with Gasteiger partial charge in [-0.3, -0.25) is 10.1 Å². The monoisotopic (exact) mass is 178 g/mol. The Hall–Kier alpha value is -1.42. The lowest BCUT2D eigenvalue weighted by Gasteiger charge is -2.16. The van der Waals surface area contributed by atoms with E-state index >= 15 is 0 Å². The number of nitrogens with one attached hydrogen (secondary N) is 1. The third-order valence-electron chi connectivity index (χ3n) is 2.32. The molecule has 1 aromatic carbocycles. The van der Waals surface area contributed by atoms with Crippen LogP contribution in [0.5, 0.6) is 0 Å². The first-order chi connectivity index (χ1) is 6.29. The van der Waals surface area contributed by atoms with Crippen molar-refractivity contribution in [3.63, 3.8) is 0 Å². The Bertz CT molecular complexity index is 349. The highest BCUT2D eigenvalue weighted by atomic mass is 16.6. The van der Waals surface area contributed by atoms with Crippen LogP contribution in [0, 0.1) is 10.1 Å². The number of fused-ring (bicyclic) bond motifs is 1. The first-order valence-corrected chi connectivity index (χ1v) is 4.25. The summed E-state index contributed by atoms with van der Waals surface area (Å²) in [6.45, 7) is 1.53. The van der Waals surface area contributed by atoms with Crippen LogP contribution in [0.3, 0.4) is 0 Å². The van der Waals surface area contributed by atoms with Crippen LogP contribution < -0.4 is 5.32 Å². The maximum absolute atomic E-state index is 10.7. The summed E-state index contributed by atoms with van der Waals surface area (Å²) in [5.74, 6) is 0. The third kappa shape index (κ3) is 1.40. The van der Waals surface area contributed by atoms with Crippen molar-refractivity contribution in [1.82, 2.24) is 5.32 Å². The van der Waals surface area contributed by atoms with Crippen molar-refractivity contribution in [1.29, 1.82) is 0 Å². The summed E-state index contributed by atoms with van der Waals surface area (Å²) in [4.78, 5) is 10.3. The van der Waals surface area contributed by atoms with E-state index in [0.717, 1.165) is 24.1 Å². The third-order valence-corrected chi connectivity index (χ3v) is 2.32. The van der Waals surface area contributed by atoms with Crippen molar-refractivity contribution in [2.75, 3.05) is 6.54 Å². The van der Waals surface area contributed by atoms with E-state index in [9.17, 15) is 10.1 Å². The molecule has 0 aromatic heterocycles. The van der Waals surface area contributed by atoms with Crippen LogP contribution >= 0.6 is 0 Å². The topological polar surface area (TPSA) is 55.2 Å². The average molecular weight is 178 g/mol. The van der Waals surface area contributed by atoms with E-state index in [0.29, 0.717) is 6.54 Å². The predicted octanol–water partition coefficient (Wildman–Crippen LogP) is 1.24. The summed E-state index contributed by atoms with van der Waals surface area (Å²) in [6.07, 6.45) is 0.886. The lowest BCUT2D eigenvalue weighted by Crippen LogP contribution is -2.24. The van der Waals surface area contributed by atoms with Crippen LogP contribution in [0.2, 0.25) is 0 Å². The van der Waals surface area contributed by atoms with Gasteiger partial charge in [-0.05, 0) is 18.5 Å². The number of hydrogen-bond donors (Lipinski definition) is 1. The Morgan fingerprint density at radius 2 is 2.31 bits per heavy atom. The molecule has 1 aliphatic rings. The number of benzene rings is 1. The number of hydrogen-bond acceptors (Lipinski definition) is 3. The fourth-order valence-corrected chi connectivity index (χ4v) is 1.67. The van der Waals surface area contributed by atoms with Gasteiger partial charge in [0.2, 0.25) is 0 Å². The zero-order valence-electron chi connectivity index (χ0n) is 7.12. The highest BCUT2D eigenvalue weighted by molar-refractivity contribution is 5.46. The molecule has 13 heavy (non-hydrogen) atoms. The van der Waals surface area contributed by atoms with Crippen LogP contribution in [0.1, 0.15) is 11.1 Å². The molecule has 0 fully saturated rings. The Morgan fingerprint density at radius 1 is 1.46 bits per heavy atom. The van der Waals surface area contributed by atoms with E-state index in [4.69, 9.17) is 0 Å². The SMILES string of the molecule is O=[N+]([O-])c1cccc2c1CNCC2. The minimum absolute atomic E-state index is 0.240. The molecule has 0 spiro atoms. The molecule has 4 heteroatoms. The lowest BCUT2D eigenvalue weighted by atomic mass is 10.00. The smallest absolute Gasteiger partial charge is 0.274 e. The van der Waals surface area contributed by atoms with Crippen LogP contribution in [-0.4, -0.2) is 11.5 Å². The minimum Gasteiger partial charge on any atom is -0.312 e. The molecule has 0 atom stereocenters. The lowest BCUT2D eigenvalue weighted by molar-refractivity contribution is -0.385. The molecule has 0 unspecified atom stereocenters. The van der Waals surface area contributed by atoms with E-state index < -0.39 is 0 Å². The normalized spacial score (nSPS) is 15.1. The second-order valence-corrected chi connectivity index (χ2v) is 3.10. The van der Waals surface area contributed by atoms with E-state index in [1.54, 1.807) is 12.1 Å². The Morgan fingerprint density at radius 3 is 3.08 bits per heavy atom. The summed E-state index contributed by atoms with van der Waals surface area (Å²) in [7, 11) is 0. The van der Waals surface area contributed by atoms with Gasteiger partial charge in [-0.25, -0.2) is 0 Å². The molecule has 1 aliphatic heterocycles. The van der Waals surface area contributed by atoms with Crippen molar-refractivity contribution in [2.24, 2.45) is 0 Å².